The molecule has 2 heterocycles. The van der Waals surface area contributed by atoms with E-state index in [4.69, 9.17) is 6.57 Å². The summed E-state index contributed by atoms with van der Waals surface area (Å²) in [7, 11) is 0. The second kappa shape index (κ2) is 3.70. The van der Waals surface area contributed by atoms with Crippen molar-refractivity contribution < 1.29 is 13.2 Å². The molecule has 0 aromatic carbocycles. The maximum atomic E-state index is 12.8. The number of fused-ring (bicyclic) bond motifs is 1. The number of nitrogens with zero attached hydrogens (tertiary/aromatic N) is 4. The fourth-order valence-electron chi connectivity index (χ4n) is 1.67. The van der Waals surface area contributed by atoms with Gasteiger partial charge in [-0.3, -0.25) is 0 Å². The summed E-state index contributed by atoms with van der Waals surface area (Å²) in [5, 5.41) is 3.61. The first kappa shape index (κ1) is 12.4. The lowest BCUT2D eigenvalue weighted by Crippen LogP contribution is -2.20. The van der Waals surface area contributed by atoms with Crippen molar-refractivity contribution in [2.45, 2.75) is 25.9 Å². The second-order valence-corrected chi connectivity index (χ2v) is 4.14. The number of halogens is 3. The van der Waals surface area contributed by atoms with E-state index in [9.17, 15) is 13.2 Å². The van der Waals surface area contributed by atoms with Crippen molar-refractivity contribution in [1.29, 1.82) is 0 Å². The fourth-order valence-corrected chi connectivity index (χ4v) is 1.67. The molecule has 0 spiro atoms. The average molecular weight is 254 g/mol. The summed E-state index contributed by atoms with van der Waals surface area (Å²) in [6.07, 6.45) is -4.63. The molecule has 0 aliphatic carbocycles. The highest BCUT2D eigenvalue weighted by molar-refractivity contribution is 5.74. The van der Waals surface area contributed by atoms with Crippen molar-refractivity contribution in [1.82, 2.24) is 14.6 Å². The minimum atomic E-state index is -4.63. The molecule has 0 fully saturated rings. The Labute approximate surface area is 101 Å². The highest BCUT2D eigenvalue weighted by atomic mass is 19.4. The average Bonchev–Trinajstić information content (AvgIpc) is 2.75. The zero-order chi connectivity index (χ0) is 13.7. The zero-order valence-electron chi connectivity index (χ0n) is 9.71. The number of alkyl halides is 3. The van der Waals surface area contributed by atoms with Gasteiger partial charge in [0.2, 0.25) is 5.69 Å². The fraction of sp³-hybridized carbons (Fsp3) is 0.364. The minimum absolute atomic E-state index is 0.0304. The Kier molecular flexibility index (Phi) is 2.54. The molecule has 7 heteroatoms. The van der Waals surface area contributed by atoms with E-state index >= 15 is 0 Å². The molecule has 2 rings (SSSR count). The van der Waals surface area contributed by atoms with Gasteiger partial charge < -0.3 is 0 Å². The Balaban J connectivity index is 2.86. The summed E-state index contributed by atoms with van der Waals surface area (Å²) in [5.41, 5.74) is -1.67. The molecule has 0 amide bonds. The predicted octanol–water partition coefficient (Wildman–Crippen LogP) is 2.55. The Morgan fingerprint density at radius 1 is 1.39 bits per heavy atom. The summed E-state index contributed by atoms with van der Waals surface area (Å²) in [4.78, 5) is 6.90. The molecule has 0 bridgehead atoms. The molecule has 2 aromatic rings. The summed E-state index contributed by atoms with van der Waals surface area (Å²) in [6.45, 7) is 13.9. The third-order valence-corrected chi connectivity index (χ3v) is 2.53. The first-order valence-electron chi connectivity index (χ1n) is 5.13. The third-order valence-electron chi connectivity index (χ3n) is 2.53. The molecule has 0 N–H and O–H groups in total. The van der Waals surface area contributed by atoms with Crippen molar-refractivity contribution in [2.24, 2.45) is 0 Å². The number of rotatable bonds is 1. The van der Waals surface area contributed by atoms with Crippen LogP contribution in [0.25, 0.3) is 17.1 Å². The molecule has 0 unspecified atom stereocenters. The van der Waals surface area contributed by atoms with Crippen molar-refractivity contribution in [3.63, 3.8) is 0 Å². The van der Waals surface area contributed by atoms with E-state index in [2.05, 4.69) is 21.5 Å². The van der Waals surface area contributed by atoms with Crippen molar-refractivity contribution in [3.8, 4) is 0 Å². The maximum Gasteiger partial charge on any atom is 0.409 e. The first-order valence-corrected chi connectivity index (χ1v) is 5.13. The van der Waals surface area contributed by atoms with Gasteiger partial charge >= 0.3 is 6.18 Å². The smallest absolute Gasteiger partial charge is 0.233 e. The molecule has 0 saturated carbocycles. The van der Waals surface area contributed by atoms with Gasteiger partial charge in [-0.1, -0.05) is 20.4 Å². The monoisotopic (exact) mass is 254 g/mol. The van der Waals surface area contributed by atoms with Crippen molar-refractivity contribution in [3.05, 3.63) is 28.2 Å². The molecule has 2 aromatic heterocycles. The lowest BCUT2D eigenvalue weighted by Gasteiger charge is -2.04. The molecule has 0 radical (unpaired) electrons. The second-order valence-electron chi connectivity index (χ2n) is 4.14. The van der Waals surface area contributed by atoms with Gasteiger partial charge in [-0.2, -0.15) is 18.3 Å². The van der Waals surface area contributed by atoms with Gasteiger partial charge in [0.05, 0.1) is 17.5 Å². The quantitative estimate of drug-likeness (QED) is 0.733. The molecule has 0 saturated heterocycles. The van der Waals surface area contributed by atoms with Crippen molar-refractivity contribution in [2.75, 3.05) is 0 Å². The van der Waals surface area contributed by atoms with Gasteiger partial charge in [-0.25, -0.2) is 14.3 Å². The molecular formula is C11H9F3N4. The predicted molar refractivity (Wildman–Crippen MR) is 59.1 cm³/mol. The van der Waals surface area contributed by atoms with Crippen LogP contribution < -0.4 is 5.35 Å². The van der Waals surface area contributed by atoms with E-state index in [-0.39, 0.29) is 16.9 Å². The van der Waals surface area contributed by atoms with E-state index in [1.807, 2.05) is 13.8 Å². The van der Waals surface area contributed by atoms with Gasteiger partial charge in [0.25, 0.3) is 0 Å². The first-order chi connectivity index (χ1) is 8.27. The molecule has 0 aliphatic rings. The van der Waals surface area contributed by atoms with Gasteiger partial charge in [0, 0.05) is 5.92 Å². The summed E-state index contributed by atoms with van der Waals surface area (Å²) >= 11 is 0. The van der Waals surface area contributed by atoms with Crippen LogP contribution in [-0.4, -0.2) is 14.6 Å². The lowest BCUT2D eigenvalue weighted by atomic mass is 10.2. The van der Waals surface area contributed by atoms with Crippen LogP contribution in [0.15, 0.2) is 0 Å². The lowest BCUT2D eigenvalue weighted by molar-refractivity contribution is -0.137. The normalized spacial score (nSPS) is 12.3. The summed E-state index contributed by atoms with van der Waals surface area (Å²) < 4.78 is 39.4. The SMILES string of the molecule is [C-]#[N+]c1c(C(F)(F)F)c(=C)n2nc(C(C)C)nc12. The highest BCUT2D eigenvalue weighted by Crippen LogP contribution is 2.36. The van der Waals surface area contributed by atoms with E-state index < -0.39 is 17.4 Å². The van der Waals surface area contributed by atoms with E-state index in [1.165, 1.54) is 0 Å². The topological polar surface area (TPSA) is 34.5 Å². The van der Waals surface area contributed by atoms with Gasteiger partial charge in [-0.15, -0.1) is 0 Å². The van der Waals surface area contributed by atoms with Crippen LogP contribution in [0, 0.1) is 6.57 Å². The van der Waals surface area contributed by atoms with Crippen LogP contribution in [0.2, 0.25) is 0 Å². The molecule has 18 heavy (non-hydrogen) atoms. The number of aromatic nitrogens is 3. The van der Waals surface area contributed by atoms with Crippen molar-refractivity contribution >= 4 is 17.9 Å². The minimum Gasteiger partial charge on any atom is -0.233 e. The van der Waals surface area contributed by atoms with Crippen LogP contribution in [-0.2, 0) is 6.18 Å². The summed E-state index contributed by atoms with van der Waals surface area (Å²) in [6, 6.07) is 0. The van der Waals surface area contributed by atoms with Gasteiger partial charge in [-0.05, 0) is 0 Å². The molecule has 4 nitrogen and oxygen atoms in total. The molecule has 0 aliphatic heterocycles. The van der Waals surface area contributed by atoms with Gasteiger partial charge in [0.1, 0.15) is 0 Å². The Morgan fingerprint density at radius 2 is 2.00 bits per heavy atom. The van der Waals surface area contributed by atoms with E-state index in [0.717, 1.165) is 4.52 Å². The molecular weight excluding hydrogens is 245 g/mol. The van der Waals surface area contributed by atoms with E-state index in [0.29, 0.717) is 5.82 Å². The van der Waals surface area contributed by atoms with Crippen LogP contribution >= 0.6 is 0 Å². The Bertz CT molecular complexity index is 691. The molecule has 94 valence electrons. The van der Waals surface area contributed by atoms with Crippen LogP contribution in [0.3, 0.4) is 0 Å². The Hall–Kier alpha value is -2.10. The van der Waals surface area contributed by atoms with Crippen LogP contribution in [0.5, 0.6) is 0 Å². The number of hydrogen-bond donors (Lipinski definition) is 0. The number of hydrogen-bond acceptors (Lipinski definition) is 2. The molecule has 0 atom stereocenters. The zero-order valence-corrected chi connectivity index (χ0v) is 9.71. The van der Waals surface area contributed by atoms with Crippen LogP contribution in [0.4, 0.5) is 18.9 Å². The largest absolute Gasteiger partial charge is 0.409 e. The van der Waals surface area contributed by atoms with Gasteiger partial charge in [0.15, 0.2) is 11.5 Å². The van der Waals surface area contributed by atoms with E-state index in [1.54, 1.807) is 0 Å². The highest BCUT2D eigenvalue weighted by Gasteiger charge is 2.38. The van der Waals surface area contributed by atoms with Crippen LogP contribution in [0.1, 0.15) is 31.2 Å². The third kappa shape index (κ3) is 1.61. The Morgan fingerprint density at radius 3 is 2.44 bits per heavy atom. The maximum absolute atomic E-state index is 12.8. The summed E-state index contributed by atoms with van der Waals surface area (Å²) in [5.74, 6) is 0.366. The standard InChI is InChI=1S/C11H9F3N4/c1-5(2)9-16-10-8(15-4)7(11(12,13)14)6(3)18(10)17-9/h5H,3H2,1-2H3.